The number of aryl methyl sites for hydroxylation is 2. The summed E-state index contributed by atoms with van der Waals surface area (Å²) in [4.78, 5) is 44.0. The molecule has 1 fully saturated rings. The third kappa shape index (κ3) is 3.41. The molecule has 7 nitrogen and oxygen atoms in total. The van der Waals surface area contributed by atoms with E-state index in [1.165, 1.54) is 34.5 Å². The van der Waals surface area contributed by atoms with Crippen LogP contribution in [0.25, 0.3) is 11.2 Å². The molecular weight excluding hydrogens is 411 g/mol. The molecule has 2 aromatic heterocycles. The average molecular weight is 431 g/mol. The van der Waals surface area contributed by atoms with Crippen LogP contribution in [0.1, 0.15) is 34.8 Å². The zero-order chi connectivity index (χ0) is 21.6. The van der Waals surface area contributed by atoms with E-state index in [4.69, 9.17) is 11.6 Å². The first-order valence-electron chi connectivity index (χ1n) is 9.60. The van der Waals surface area contributed by atoms with Crippen LogP contribution in [-0.2, 0) is 7.05 Å². The maximum absolute atomic E-state index is 13.6. The summed E-state index contributed by atoms with van der Waals surface area (Å²) in [6.07, 6.45) is 2.40. The number of benzene rings is 1. The van der Waals surface area contributed by atoms with Crippen LogP contribution >= 0.6 is 11.6 Å². The largest absolute Gasteiger partial charge is 0.338 e. The van der Waals surface area contributed by atoms with Crippen LogP contribution in [0.2, 0.25) is 5.02 Å². The molecule has 1 saturated heterocycles. The first-order valence-corrected chi connectivity index (χ1v) is 9.98. The second-order valence-corrected chi connectivity index (χ2v) is 7.95. The Morgan fingerprint density at radius 2 is 1.87 bits per heavy atom. The van der Waals surface area contributed by atoms with Gasteiger partial charge in [0.1, 0.15) is 5.82 Å². The quantitative estimate of drug-likeness (QED) is 0.586. The fraction of sp³-hybridized carbons (Fsp3) is 0.333. The maximum Gasteiger partial charge on any atom is 0.318 e. The normalized spacial score (nSPS) is 15.0. The van der Waals surface area contributed by atoms with Crippen LogP contribution in [0.4, 0.5) is 4.39 Å². The van der Waals surface area contributed by atoms with Gasteiger partial charge in [0.2, 0.25) is 0 Å². The maximum atomic E-state index is 13.6. The standard InChI is InChI=1S/C21H20ClFN4O3/c1-12-3-4-14(23)10-16(12)19(28)26-7-5-15(6-8-26)27-18-17(9-13(22)11-24-18)25(2)20(29)21(27)30/h3-4,9-11,15H,5-8H2,1-2H3. The highest BCUT2D eigenvalue weighted by atomic mass is 35.5. The van der Waals surface area contributed by atoms with E-state index in [0.717, 1.165) is 0 Å². The van der Waals surface area contributed by atoms with Crippen LogP contribution < -0.4 is 11.1 Å². The van der Waals surface area contributed by atoms with Gasteiger partial charge in [0.05, 0.1) is 10.5 Å². The van der Waals surface area contributed by atoms with E-state index in [1.54, 1.807) is 24.0 Å². The third-order valence-corrected chi connectivity index (χ3v) is 5.86. The minimum Gasteiger partial charge on any atom is -0.338 e. The van der Waals surface area contributed by atoms with E-state index in [9.17, 15) is 18.8 Å². The van der Waals surface area contributed by atoms with E-state index in [2.05, 4.69) is 4.98 Å². The summed E-state index contributed by atoms with van der Waals surface area (Å²) in [7, 11) is 1.51. The van der Waals surface area contributed by atoms with Gasteiger partial charge in [-0.2, -0.15) is 0 Å². The lowest BCUT2D eigenvalue weighted by Crippen LogP contribution is -2.46. The van der Waals surface area contributed by atoms with E-state index in [0.29, 0.717) is 53.2 Å². The number of carbonyl (C=O) groups is 1. The van der Waals surface area contributed by atoms with Crippen molar-refractivity contribution in [3.05, 3.63) is 73.1 Å². The molecule has 0 spiro atoms. The molecule has 3 heterocycles. The molecule has 0 radical (unpaired) electrons. The monoisotopic (exact) mass is 430 g/mol. The number of aromatic nitrogens is 3. The van der Waals surface area contributed by atoms with Crippen molar-refractivity contribution >= 4 is 28.7 Å². The van der Waals surface area contributed by atoms with Gasteiger partial charge in [-0.3, -0.25) is 19.0 Å². The van der Waals surface area contributed by atoms with Crippen LogP contribution in [-0.4, -0.2) is 38.0 Å². The average Bonchev–Trinajstić information content (AvgIpc) is 2.74. The Bertz CT molecular complexity index is 1280. The smallest absolute Gasteiger partial charge is 0.318 e. The Morgan fingerprint density at radius 3 is 2.57 bits per heavy atom. The third-order valence-electron chi connectivity index (χ3n) is 5.66. The van der Waals surface area contributed by atoms with Crippen molar-refractivity contribution < 1.29 is 9.18 Å². The number of likely N-dealkylation sites (tertiary alicyclic amines) is 1. The van der Waals surface area contributed by atoms with Gasteiger partial charge >= 0.3 is 11.1 Å². The van der Waals surface area contributed by atoms with Gasteiger partial charge in [0, 0.05) is 37.9 Å². The lowest BCUT2D eigenvalue weighted by atomic mass is 10.0. The van der Waals surface area contributed by atoms with E-state index in [-0.39, 0.29) is 11.9 Å². The first-order chi connectivity index (χ1) is 14.3. The van der Waals surface area contributed by atoms with Crippen molar-refractivity contribution in [2.45, 2.75) is 25.8 Å². The zero-order valence-corrected chi connectivity index (χ0v) is 17.3. The Balaban J connectivity index is 1.64. The highest BCUT2D eigenvalue weighted by Crippen LogP contribution is 2.26. The molecule has 9 heteroatoms. The van der Waals surface area contributed by atoms with Crippen molar-refractivity contribution in [3.63, 3.8) is 0 Å². The zero-order valence-electron chi connectivity index (χ0n) is 16.6. The Labute approximate surface area is 176 Å². The summed E-state index contributed by atoms with van der Waals surface area (Å²) in [5, 5.41) is 0.369. The minimum atomic E-state index is -0.652. The molecule has 0 bridgehead atoms. The first kappa shape index (κ1) is 20.3. The Morgan fingerprint density at radius 1 is 1.17 bits per heavy atom. The molecule has 0 N–H and O–H groups in total. The minimum absolute atomic E-state index is 0.239. The molecular formula is C21H20ClFN4O3. The molecule has 0 atom stereocenters. The molecule has 156 valence electrons. The molecule has 4 rings (SSSR count). The number of nitrogens with zero attached hydrogens (tertiary/aromatic N) is 4. The number of carbonyl (C=O) groups excluding carboxylic acids is 1. The van der Waals surface area contributed by atoms with E-state index >= 15 is 0 Å². The molecule has 3 aromatic rings. The van der Waals surface area contributed by atoms with Gasteiger partial charge in [-0.05, 0) is 43.5 Å². The molecule has 0 aliphatic carbocycles. The van der Waals surface area contributed by atoms with Crippen LogP contribution in [0.15, 0.2) is 40.1 Å². The predicted octanol–water partition coefficient (Wildman–Crippen LogP) is 2.67. The van der Waals surface area contributed by atoms with Gasteiger partial charge < -0.3 is 9.47 Å². The summed E-state index contributed by atoms with van der Waals surface area (Å²) >= 11 is 6.02. The van der Waals surface area contributed by atoms with Crippen molar-refractivity contribution in [1.82, 2.24) is 19.0 Å². The molecule has 1 aliphatic rings. The summed E-state index contributed by atoms with van der Waals surface area (Å²) in [6, 6.07) is 5.48. The summed E-state index contributed by atoms with van der Waals surface area (Å²) < 4.78 is 16.3. The van der Waals surface area contributed by atoms with Gasteiger partial charge in [-0.25, -0.2) is 9.37 Å². The number of halogens is 2. The fourth-order valence-electron chi connectivity index (χ4n) is 3.97. The predicted molar refractivity (Wildman–Crippen MR) is 112 cm³/mol. The van der Waals surface area contributed by atoms with E-state index in [1.807, 2.05) is 0 Å². The topological polar surface area (TPSA) is 77.2 Å². The number of hydrogen-bond donors (Lipinski definition) is 0. The second kappa shape index (κ2) is 7.68. The van der Waals surface area contributed by atoms with Gasteiger partial charge in [0.25, 0.3) is 5.91 Å². The molecule has 30 heavy (non-hydrogen) atoms. The van der Waals surface area contributed by atoms with Crippen LogP contribution in [0, 0.1) is 12.7 Å². The van der Waals surface area contributed by atoms with Crippen molar-refractivity contribution in [2.75, 3.05) is 13.1 Å². The van der Waals surface area contributed by atoms with Crippen LogP contribution in [0.5, 0.6) is 0 Å². The van der Waals surface area contributed by atoms with Gasteiger partial charge in [-0.15, -0.1) is 0 Å². The summed E-state index contributed by atoms with van der Waals surface area (Å²) in [5.41, 5.74) is 0.601. The highest BCUT2D eigenvalue weighted by Gasteiger charge is 2.28. The van der Waals surface area contributed by atoms with E-state index < -0.39 is 16.9 Å². The Hall–Kier alpha value is -3.00. The number of amides is 1. The molecule has 1 aromatic carbocycles. The SMILES string of the molecule is Cc1ccc(F)cc1C(=O)N1CCC(n2c(=O)c(=O)n(C)c3cc(Cl)cnc32)CC1. The van der Waals surface area contributed by atoms with Crippen molar-refractivity contribution in [1.29, 1.82) is 0 Å². The van der Waals surface area contributed by atoms with Crippen molar-refractivity contribution in [3.8, 4) is 0 Å². The number of pyridine rings is 1. The fourth-order valence-corrected chi connectivity index (χ4v) is 4.12. The van der Waals surface area contributed by atoms with Crippen molar-refractivity contribution in [2.24, 2.45) is 7.05 Å². The van der Waals surface area contributed by atoms with Gasteiger partial charge in [0.15, 0.2) is 5.65 Å². The highest BCUT2D eigenvalue weighted by molar-refractivity contribution is 6.31. The lowest BCUT2D eigenvalue weighted by molar-refractivity contribution is 0.0693. The number of rotatable bonds is 2. The second-order valence-electron chi connectivity index (χ2n) is 7.52. The lowest BCUT2D eigenvalue weighted by Gasteiger charge is -2.33. The summed E-state index contributed by atoms with van der Waals surface area (Å²) in [6.45, 7) is 2.54. The number of fused-ring (bicyclic) bond motifs is 1. The molecule has 0 unspecified atom stereocenters. The molecule has 1 amide bonds. The number of piperidine rings is 1. The summed E-state index contributed by atoms with van der Waals surface area (Å²) in [5.74, 6) is -0.696. The molecule has 1 aliphatic heterocycles. The van der Waals surface area contributed by atoms with Crippen LogP contribution in [0.3, 0.4) is 0 Å². The Kier molecular flexibility index (Phi) is 5.19. The number of hydrogen-bond acceptors (Lipinski definition) is 4. The van der Waals surface area contributed by atoms with Gasteiger partial charge in [-0.1, -0.05) is 17.7 Å². The molecule has 0 saturated carbocycles.